The quantitative estimate of drug-likeness (QED) is 0.163. The summed E-state index contributed by atoms with van der Waals surface area (Å²) in [6.45, 7) is 13.2. The number of nitrogens with zero attached hydrogens (tertiary/aromatic N) is 3. The molecule has 278 valence electrons. The maximum Gasteiger partial charge on any atom is 0.116 e. The Hall–Kier alpha value is -6.35. The molecule has 7 aromatic heterocycles. The second-order valence-electron chi connectivity index (χ2n) is 15.1. The van der Waals surface area contributed by atoms with E-state index in [2.05, 4.69) is 164 Å². The highest BCUT2D eigenvalue weighted by molar-refractivity contribution is 7.14. The summed E-state index contributed by atoms with van der Waals surface area (Å²) in [7, 11) is 0. The van der Waals surface area contributed by atoms with Crippen LogP contribution in [0.5, 0.6) is 0 Å². The number of hydrogen-bond donors (Lipinski definition) is 3. The zero-order valence-electron chi connectivity index (χ0n) is 32.6. The summed E-state index contributed by atoms with van der Waals surface area (Å²) in [5, 5.41) is 4.21. The van der Waals surface area contributed by atoms with E-state index >= 15 is 0 Å². The van der Waals surface area contributed by atoms with Crippen LogP contribution in [0.25, 0.3) is 99.8 Å². The zero-order valence-corrected chi connectivity index (χ0v) is 34.3. The fourth-order valence-electron chi connectivity index (χ4n) is 8.91. The van der Waals surface area contributed by atoms with E-state index in [1.54, 1.807) is 29.0 Å². The first kappa shape index (κ1) is 35.1. The summed E-state index contributed by atoms with van der Waals surface area (Å²) in [6, 6.07) is 30.7. The molecular formula is C49H40N6S2. The average molecular weight is 777 g/mol. The zero-order chi connectivity index (χ0) is 38.9. The molecule has 0 radical (unpaired) electrons. The topological polar surface area (TPSA) is 86.0 Å². The van der Waals surface area contributed by atoms with Crippen molar-refractivity contribution in [2.75, 3.05) is 0 Å². The normalized spacial score (nSPS) is 12.0. The summed E-state index contributed by atoms with van der Waals surface area (Å²) >= 11 is 3.36. The van der Waals surface area contributed by atoms with Crippen LogP contribution in [-0.4, -0.2) is 29.9 Å². The minimum atomic E-state index is 0.844. The maximum absolute atomic E-state index is 5.60. The molecule has 8 heteroatoms. The molecule has 0 amide bonds. The van der Waals surface area contributed by atoms with Gasteiger partial charge in [0.25, 0.3) is 0 Å². The number of rotatable bonds is 5. The Balaban J connectivity index is 1.43. The molecule has 6 nitrogen and oxygen atoms in total. The molecule has 0 atom stereocenters. The molecule has 0 saturated carbocycles. The fourth-order valence-corrected chi connectivity index (χ4v) is 10.4. The van der Waals surface area contributed by atoms with Crippen LogP contribution in [0.15, 0.2) is 102 Å². The van der Waals surface area contributed by atoms with E-state index in [4.69, 9.17) is 15.0 Å². The Morgan fingerprint density at radius 1 is 0.421 bits per heavy atom. The summed E-state index contributed by atoms with van der Waals surface area (Å²) in [5.74, 6) is 0. The van der Waals surface area contributed by atoms with Crippen molar-refractivity contribution in [1.29, 1.82) is 0 Å². The lowest BCUT2D eigenvalue weighted by atomic mass is 9.92. The minimum absolute atomic E-state index is 0.844. The first-order valence-corrected chi connectivity index (χ1v) is 20.9. The number of hydrogen-bond acceptors (Lipinski definition) is 5. The van der Waals surface area contributed by atoms with Gasteiger partial charge < -0.3 is 15.0 Å². The molecule has 1 aliphatic heterocycles. The SMILES string of the molecule is Cc1cc(C)c(-c2c3nc(c(-c4c(-c5cccs5)ncnc4-c4cccs4)c4ccc([nH]4)c(-c4c(C)cc(C)cc4C)c4ccc([nH]4)c4ccc2[nH]4)C=C3)c(C)c1. The molecule has 57 heavy (non-hydrogen) atoms. The number of aromatic amines is 3. The molecule has 2 aromatic carbocycles. The first-order valence-electron chi connectivity index (χ1n) is 19.2. The first-order chi connectivity index (χ1) is 27.7. The van der Waals surface area contributed by atoms with Gasteiger partial charge in [0.15, 0.2) is 0 Å². The molecule has 0 aliphatic carbocycles. The fraction of sp³-hybridized carbons (Fsp3) is 0.122. The highest BCUT2D eigenvalue weighted by Crippen LogP contribution is 2.45. The van der Waals surface area contributed by atoms with E-state index in [0.717, 1.165) is 87.9 Å². The Morgan fingerprint density at radius 2 is 0.807 bits per heavy atom. The van der Waals surface area contributed by atoms with Crippen LogP contribution in [0.2, 0.25) is 0 Å². The van der Waals surface area contributed by atoms with Crippen LogP contribution in [0.3, 0.4) is 0 Å². The van der Waals surface area contributed by atoms with Crippen molar-refractivity contribution < 1.29 is 0 Å². The lowest BCUT2D eigenvalue weighted by Crippen LogP contribution is -1.97. The van der Waals surface area contributed by atoms with Crippen LogP contribution in [0.1, 0.15) is 44.8 Å². The van der Waals surface area contributed by atoms with Gasteiger partial charge in [0.05, 0.1) is 43.6 Å². The monoisotopic (exact) mass is 776 g/mol. The van der Waals surface area contributed by atoms with Gasteiger partial charge in [0.1, 0.15) is 6.33 Å². The predicted octanol–water partition coefficient (Wildman–Crippen LogP) is 13.8. The number of H-pyrrole nitrogens is 3. The van der Waals surface area contributed by atoms with Crippen molar-refractivity contribution in [2.45, 2.75) is 41.5 Å². The van der Waals surface area contributed by atoms with Crippen LogP contribution in [-0.2, 0) is 0 Å². The molecule has 1 aliphatic rings. The number of nitrogens with one attached hydrogen (secondary N) is 3. The van der Waals surface area contributed by atoms with Crippen LogP contribution < -0.4 is 0 Å². The summed E-state index contributed by atoms with van der Waals surface area (Å²) < 4.78 is 0. The largest absolute Gasteiger partial charge is 0.354 e. The van der Waals surface area contributed by atoms with Gasteiger partial charge in [-0.1, -0.05) is 47.5 Å². The molecule has 10 rings (SSSR count). The van der Waals surface area contributed by atoms with Crippen LogP contribution in [0, 0.1) is 41.5 Å². The third-order valence-electron chi connectivity index (χ3n) is 11.0. The van der Waals surface area contributed by atoms with Gasteiger partial charge in [-0.2, -0.15) is 0 Å². The summed E-state index contributed by atoms with van der Waals surface area (Å²) in [6.07, 6.45) is 6.03. The minimum Gasteiger partial charge on any atom is -0.354 e. The highest BCUT2D eigenvalue weighted by atomic mass is 32.1. The number of fused-ring (bicyclic) bond motifs is 9. The molecule has 0 unspecified atom stereocenters. The molecule has 9 aromatic rings. The van der Waals surface area contributed by atoms with E-state index in [-0.39, 0.29) is 0 Å². The predicted molar refractivity (Wildman–Crippen MR) is 242 cm³/mol. The molecular weight excluding hydrogens is 737 g/mol. The number of benzene rings is 2. The van der Waals surface area contributed by atoms with E-state index in [9.17, 15) is 0 Å². The Morgan fingerprint density at radius 3 is 1.25 bits per heavy atom. The van der Waals surface area contributed by atoms with Crippen molar-refractivity contribution in [2.24, 2.45) is 0 Å². The van der Waals surface area contributed by atoms with Gasteiger partial charge in [0.2, 0.25) is 0 Å². The van der Waals surface area contributed by atoms with Gasteiger partial charge in [0, 0.05) is 44.3 Å². The van der Waals surface area contributed by atoms with Crippen LogP contribution >= 0.6 is 22.7 Å². The number of aromatic nitrogens is 6. The van der Waals surface area contributed by atoms with Crippen molar-refractivity contribution >= 4 is 67.9 Å². The molecule has 0 saturated heterocycles. The molecule has 3 N–H and O–H groups in total. The standard InChI is InChI=1S/C49H40N6S2/c1-26-21-28(3)42(29(4)22-26)44-34-13-11-32(52-34)33-12-14-35(53-33)45(43-30(5)23-27(2)24-31(43)6)37-16-18-39(55-37)46(38-17-15-36(44)54-38)47-48(40-9-7-19-56-40)50-25-51-49(47)41-10-8-20-57-41/h7-25,52-54H,1-6H3. The van der Waals surface area contributed by atoms with E-state index < -0.39 is 0 Å². The average Bonchev–Trinajstić information content (AvgIpc) is 4.04. The molecule has 8 bridgehead atoms. The van der Waals surface area contributed by atoms with Crippen molar-refractivity contribution in [1.82, 2.24) is 29.9 Å². The smallest absolute Gasteiger partial charge is 0.116 e. The summed E-state index contributed by atoms with van der Waals surface area (Å²) in [5.41, 5.74) is 23.3. The van der Waals surface area contributed by atoms with E-state index in [1.165, 1.54) is 44.5 Å². The van der Waals surface area contributed by atoms with Gasteiger partial charge in [-0.15, -0.1) is 22.7 Å². The lowest BCUT2D eigenvalue weighted by molar-refractivity contribution is 1.18. The Kier molecular flexibility index (Phi) is 8.43. The van der Waals surface area contributed by atoms with Gasteiger partial charge in [-0.3, -0.25) is 0 Å². The summed E-state index contributed by atoms with van der Waals surface area (Å²) in [4.78, 5) is 29.4. The van der Waals surface area contributed by atoms with E-state index in [0.29, 0.717) is 0 Å². The molecule has 0 fully saturated rings. The Bertz CT molecular complexity index is 3090. The van der Waals surface area contributed by atoms with Gasteiger partial charge in [-0.05, 0) is 146 Å². The van der Waals surface area contributed by atoms with Crippen molar-refractivity contribution in [3.8, 4) is 54.5 Å². The number of aryl methyl sites for hydroxylation is 6. The number of thiophene rings is 2. The van der Waals surface area contributed by atoms with E-state index in [1.807, 2.05) is 0 Å². The second-order valence-corrected chi connectivity index (χ2v) is 17.0. The third-order valence-corrected chi connectivity index (χ3v) is 12.8. The Labute approximate surface area is 339 Å². The molecule has 8 heterocycles. The van der Waals surface area contributed by atoms with Crippen LogP contribution in [0.4, 0.5) is 0 Å². The maximum atomic E-state index is 5.60. The third kappa shape index (κ3) is 5.95. The highest BCUT2D eigenvalue weighted by Gasteiger charge is 2.25. The lowest BCUT2D eigenvalue weighted by Gasteiger charge is -2.14. The van der Waals surface area contributed by atoms with Crippen molar-refractivity contribution in [3.63, 3.8) is 0 Å². The molecule has 0 spiro atoms. The van der Waals surface area contributed by atoms with Gasteiger partial charge >= 0.3 is 0 Å². The van der Waals surface area contributed by atoms with Crippen molar-refractivity contribution in [3.05, 3.63) is 147 Å². The second kappa shape index (κ2) is 13.7. The van der Waals surface area contributed by atoms with Gasteiger partial charge in [-0.25, -0.2) is 15.0 Å².